The quantitative estimate of drug-likeness (QED) is 0.924. The number of nitrogens with one attached hydrogen (secondary N) is 1. The first-order valence-corrected chi connectivity index (χ1v) is 7.11. The van der Waals surface area contributed by atoms with E-state index in [9.17, 15) is 9.59 Å². The molecule has 2 aromatic rings. The Morgan fingerprint density at radius 2 is 2.19 bits per heavy atom. The molecule has 0 aliphatic carbocycles. The van der Waals surface area contributed by atoms with Crippen LogP contribution >= 0.6 is 0 Å². The second-order valence-electron chi connectivity index (χ2n) is 5.74. The number of para-hydroxylation sites is 1. The van der Waals surface area contributed by atoms with E-state index in [0.717, 1.165) is 5.56 Å². The summed E-state index contributed by atoms with van der Waals surface area (Å²) in [6, 6.07) is 5.13. The molecule has 1 fully saturated rings. The van der Waals surface area contributed by atoms with Crippen molar-refractivity contribution < 1.29 is 10.6 Å². The molecular formula is C16H20N2O3. The monoisotopic (exact) mass is 288 g/mol. The van der Waals surface area contributed by atoms with Gasteiger partial charge in [-0.25, -0.2) is 4.79 Å². The highest BCUT2D eigenvalue weighted by Gasteiger charge is 2.29. The molecule has 5 heteroatoms. The average molecular weight is 288 g/mol. The number of nitrogens with zero attached hydrogens (tertiary/aromatic N) is 1. The molecule has 0 bridgehead atoms. The summed E-state index contributed by atoms with van der Waals surface area (Å²) in [4.78, 5) is 24.4. The number of rotatable bonds is 2. The van der Waals surface area contributed by atoms with Crippen LogP contribution in [0.2, 0.25) is 0 Å². The molecule has 3 rings (SSSR count). The van der Waals surface area contributed by atoms with Crippen LogP contribution in [-0.4, -0.2) is 10.5 Å². The van der Waals surface area contributed by atoms with Gasteiger partial charge in [0.1, 0.15) is 6.04 Å². The van der Waals surface area contributed by atoms with Crippen molar-refractivity contribution in [1.82, 2.24) is 9.88 Å². The van der Waals surface area contributed by atoms with Crippen LogP contribution in [-0.2, 0) is 4.79 Å². The van der Waals surface area contributed by atoms with E-state index in [1.54, 1.807) is 0 Å². The standard InChI is InChI=1S/C16H18N2O3.H2/c1-9(2)11-5-4-6-12-14(11)21-16(20)18(12)13-8-7-10(3)17-15(13)19;/h4-6,9,13H,3,7-8H2,1-2H3,(H,17,19);1H. The Bertz CT molecular complexity index is 788. The summed E-state index contributed by atoms with van der Waals surface area (Å²) in [6.07, 6.45) is 1.23. The third kappa shape index (κ3) is 2.18. The van der Waals surface area contributed by atoms with Crippen LogP contribution in [0.15, 0.2) is 39.7 Å². The van der Waals surface area contributed by atoms with E-state index in [1.807, 2.05) is 32.0 Å². The van der Waals surface area contributed by atoms with Gasteiger partial charge in [-0.1, -0.05) is 32.6 Å². The molecule has 5 nitrogen and oxygen atoms in total. The Labute approximate surface area is 123 Å². The molecule has 112 valence electrons. The van der Waals surface area contributed by atoms with E-state index in [4.69, 9.17) is 4.42 Å². The van der Waals surface area contributed by atoms with Crippen LogP contribution in [0.25, 0.3) is 11.1 Å². The van der Waals surface area contributed by atoms with Gasteiger partial charge in [0, 0.05) is 7.12 Å². The van der Waals surface area contributed by atoms with Crippen molar-refractivity contribution in [1.29, 1.82) is 0 Å². The largest absolute Gasteiger partial charge is 0.420 e. The van der Waals surface area contributed by atoms with E-state index in [1.165, 1.54) is 4.57 Å². The Kier molecular flexibility index (Phi) is 3.20. The molecule has 1 aromatic carbocycles. The minimum atomic E-state index is -0.535. The van der Waals surface area contributed by atoms with Crippen LogP contribution < -0.4 is 11.1 Å². The highest BCUT2D eigenvalue weighted by molar-refractivity contribution is 5.86. The molecule has 2 heterocycles. The Morgan fingerprint density at radius 1 is 1.43 bits per heavy atom. The van der Waals surface area contributed by atoms with Crippen molar-refractivity contribution in [3.8, 4) is 0 Å². The Balaban J connectivity index is 0.00000176. The Morgan fingerprint density at radius 3 is 2.86 bits per heavy atom. The smallest absolute Gasteiger partial charge is 0.407 e. The number of carbonyl (C=O) groups excluding carboxylic acids is 1. The van der Waals surface area contributed by atoms with Gasteiger partial charge in [-0.15, -0.1) is 0 Å². The first-order chi connectivity index (χ1) is 9.99. The van der Waals surface area contributed by atoms with Gasteiger partial charge >= 0.3 is 5.76 Å². The number of aromatic nitrogens is 1. The SMILES string of the molecule is C=C1CCC(n2c(=O)oc3c(C(C)C)cccc32)C(=O)N1.[HH]. The molecule has 1 saturated heterocycles. The lowest BCUT2D eigenvalue weighted by atomic mass is 10.0. The first kappa shape index (κ1) is 13.7. The van der Waals surface area contributed by atoms with E-state index in [2.05, 4.69) is 11.9 Å². The van der Waals surface area contributed by atoms with Gasteiger partial charge in [0.25, 0.3) is 0 Å². The summed E-state index contributed by atoms with van der Waals surface area (Å²) in [7, 11) is 0. The highest BCUT2D eigenvalue weighted by atomic mass is 16.4. The molecule has 1 amide bonds. The normalized spacial score (nSPS) is 19.3. The zero-order valence-corrected chi connectivity index (χ0v) is 12.2. The van der Waals surface area contributed by atoms with Gasteiger partial charge < -0.3 is 9.73 Å². The van der Waals surface area contributed by atoms with E-state index in [-0.39, 0.29) is 13.3 Å². The van der Waals surface area contributed by atoms with E-state index >= 15 is 0 Å². The fourth-order valence-corrected chi connectivity index (χ4v) is 2.84. The third-order valence-corrected chi connectivity index (χ3v) is 3.93. The zero-order chi connectivity index (χ0) is 15.1. The van der Waals surface area contributed by atoms with E-state index < -0.39 is 11.8 Å². The average Bonchev–Trinajstić information content (AvgIpc) is 2.74. The third-order valence-electron chi connectivity index (χ3n) is 3.93. The number of hydrogen-bond acceptors (Lipinski definition) is 3. The molecule has 1 aliphatic rings. The molecular weight excluding hydrogens is 268 g/mol. The van der Waals surface area contributed by atoms with Gasteiger partial charge in [0.2, 0.25) is 5.91 Å². The maximum absolute atomic E-state index is 12.2. The minimum Gasteiger partial charge on any atom is -0.407 e. The molecule has 0 saturated carbocycles. The molecule has 0 radical (unpaired) electrons. The summed E-state index contributed by atoms with van der Waals surface area (Å²) >= 11 is 0. The second kappa shape index (κ2) is 4.91. The predicted octanol–water partition coefficient (Wildman–Crippen LogP) is 2.93. The van der Waals surface area contributed by atoms with Crippen molar-refractivity contribution in [2.75, 3.05) is 0 Å². The predicted molar refractivity (Wildman–Crippen MR) is 82.2 cm³/mol. The van der Waals surface area contributed by atoms with Gasteiger partial charge in [0.15, 0.2) is 5.58 Å². The van der Waals surface area contributed by atoms with Crippen molar-refractivity contribution in [3.05, 3.63) is 46.6 Å². The second-order valence-corrected chi connectivity index (χ2v) is 5.74. The maximum atomic E-state index is 12.2. The number of fused-ring (bicyclic) bond motifs is 1. The lowest BCUT2D eigenvalue weighted by molar-refractivity contribution is -0.124. The minimum absolute atomic E-state index is 0. The fourth-order valence-electron chi connectivity index (χ4n) is 2.84. The van der Waals surface area contributed by atoms with Crippen molar-refractivity contribution in [2.24, 2.45) is 0 Å². The van der Waals surface area contributed by atoms with Crippen molar-refractivity contribution in [2.45, 2.75) is 38.6 Å². The van der Waals surface area contributed by atoms with Crippen LogP contribution in [0.1, 0.15) is 45.6 Å². The molecule has 1 aromatic heterocycles. The summed E-state index contributed by atoms with van der Waals surface area (Å²) in [6.45, 7) is 7.85. The van der Waals surface area contributed by atoms with Crippen LogP contribution in [0, 0.1) is 0 Å². The zero-order valence-electron chi connectivity index (χ0n) is 12.2. The molecule has 1 aliphatic heterocycles. The molecule has 21 heavy (non-hydrogen) atoms. The molecule has 1 atom stereocenters. The summed E-state index contributed by atoms with van der Waals surface area (Å²) in [5.41, 5.74) is 2.93. The van der Waals surface area contributed by atoms with Crippen molar-refractivity contribution in [3.63, 3.8) is 0 Å². The lowest BCUT2D eigenvalue weighted by Crippen LogP contribution is -2.39. The first-order valence-electron chi connectivity index (χ1n) is 7.11. The van der Waals surface area contributed by atoms with Crippen LogP contribution in [0.4, 0.5) is 0 Å². The molecule has 1 N–H and O–H groups in total. The number of carbonyl (C=O) groups is 1. The van der Waals surface area contributed by atoms with Gasteiger partial charge in [-0.05, 0) is 30.4 Å². The van der Waals surface area contributed by atoms with Crippen LogP contribution in [0.5, 0.6) is 0 Å². The van der Waals surface area contributed by atoms with Gasteiger partial charge in [-0.2, -0.15) is 0 Å². The van der Waals surface area contributed by atoms with Gasteiger partial charge in [0.05, 0.1) is 5.52 Å². The number of hydrogen-bond donors (Lipinski definition) is 1. The topological polar surface area (TPSA) is 64.2 Å². The number of oxazole rings is 1. The number of amides is 1. The van der Waals surface area contributed by atoms with E-state index in [0.29, 0.717) is 29.6 Å². The lowest BCUT2D eigenvalue weighted by Gasteiger charge is -2.23. The number of allylic oxidation sites excluding steroid dienone is 1. The fraction of sp³-hybridized carbons (Fsp3) is 0.375. The number of piperidine rings is 1. The highest BCUT2D eigenvalue weighted by Crippen LogP contribution is 2.29. The molecule has 1 unspecified atom stereocenters. The Hall–Kier alpha value is -2.30. The van der Waals surface area contributed by atoms with Crippen molar-refractivity contribution >= 4 is 17.0 Å². The molecule has 0 spiro atoms. The maximum Gasteiger partial charge on any atom is 0.420 e. The number of benzene rings is 1. The summed E-state index contributed by atoms with van der Waals surface area (Å²) in [5, 5.41) is 2.71. The van der Waals surface area contributed by atoms with Gasteiger partial charge in [-0.3, -0.25) is 9.36 Å². The van der Waals surface area contributed by atoms with Crippen LogP contribution in [0.3, 0.4) is 0 Å². The summed E-state index contributed by atoms with van der Waals surface area (Å²) < 4.78 is 6.89. The summed E-state index contributed by atoms with van der Waals surface area (Å²) in [5.74, 6) is -0.440.